The van der Waals surface area contributed by atoms with E-state index in [4.69, 9.17) is 5.73 Å². The molecular formula is C12H10BrN3S. The molecular weight excluding hydrogens is 298 g/mol. The summed E-state index contributed by atoms with van der Waals surface area (Å²) in [6.45, 7) is 0. The van der Waals surface area contributed by atoms with Gasteiger partial charge < -0.3 is 5.73 Å². The van der Waals surface area contributed by atoms with Crippen molar-refractivity contribution in [2.45, 2.75) is 0 Å². The van der Waals surface area contributed by atoms with Crippen LogP contribution in [0.2, 0.25) is 0 Å². The van der Waals surface area contributed by atoms with Gasteiger partial charge in [0.2, 0.25) is 0 Å². The van der Waals surface area contributed by atoms with Crippen LogP contribution >= 0.6 is 28.1 Å². The van der Waals surface area contributed by atoms with Crippen molar-refractivity contribution >= 4 is 50.2 Å². The Morgan fingerprint density at radius 2 is 2.18 bits per heavy atom. The highest BCUT2D eigenvalue weighted by Crippen LogP contribution is 2.24. The zero-order valence-electron chi connectivity index (χ0n) is 8.85. The van der Waals surface area contributed by atoms with E-state index in [0.717, 1.165) is 15.4 Å². The molecule has 0 heterocycles. The van der Waals surface area contributed by atoms with Gasteiger partial charge in [0.15, 0.2) is 5.11 Å². The van der Waals surface area contributed by atoms with E-state index in [0.29, 0.717) is 0 Å². The Kier molecular flexibility index (Phi) is 3.71. The summed E-state index contributed by atoms with van der Waals surface area (Å²) in [5.74, 6) is 0. The van der Waals surface area contributed by atoms with E-state index in [1.807, 2.05) is 30.3 Å². The van der Waals surface area contributed by atoms with E-state index in [1.165, 1.54) is 5.39 Å². The highest BCUT2D eigenvalue weighted by atomic mass is 79.9. The molecule has 2 rings (SSSR count). The average Bonchev–Trinajstić information content (AvgIpc) is 2.30. The number of hydrogen-bond donors (Lipinski definition) is 2. The van der Waals surface area contributed by atoms with Gasteiger partial charge in [-0.3, -0.25) is 5.43 Å². The third kappa shape index (κ3) is 3.01. The Morgan fingerprint density at radius 3 is 2.94 bits per heavy atom. The van der Waals surface area contributed by atoms with Crippen molar-refractivity contribution in [1.82, 2.24) is 5.43 Å². The second-order valence-electron chi connectivity index (χ2n) is 3.45. The summed E-state index contributed by atoms with van der Waals surface area (Å²) >= 11 is 8.18. The predicted octanol–water partition coefficient (Wildman–Crippen LogP) is 2.77. The summed E-state index contributed by atoms with van der Waals surface area (Å²) < 4.78 is 1.06. The fraction of sp³-hybridized carbons (Fsp3) is 0. The average molecular weight is 308 g/mol. The molecule has 0 aromatic heterocycles. The van der Waals surface area contributed by atoms with Crippen molar-refractivity contribution in [3.8, 4) is 0 Å². The second-order valence-corrected chi connectivity index (χ2v) is 4.75. The number of nitrogens with one attached hydrogen (secondary N) is 1. The van der Waals surface area contributed by atoms with Crippen LogP contribution in [-0.2, 0) is 0 Å². The summed E-state index contributed by atoms with van der Waals surface area (Å²) in [7, 11) is 0. The molecule has 3 N–H and O–H groups in total. The molecule has 86 valence electrons. The Balaban J connectivity index is 2.34. The minimum Gasteiger partial charge on any atom is -0.375 e. The van der Waals surface area contributed by atoms with E-state index in [1.54, 1.807) is 6.21 Å². The van der Waals surface area contributed by atoms with Gasteiger partial charge in [0.1, 0.15) is 0 Å². The maximum absolute atomic E-state index is 5.27. The van der Waals surface area contributed by atoms with E-state index < -0.39 is 0 Å². The van der Waals surface area contributed by atoms with E-state index in [-0.39, 0.29) is 5.11 Å². The first kappa shape index (κ1) is 12.0. The molecule has 0 saturated heterocycles. The molecule has 0 aliphatic rings. The number of rotatable bonds is 2. The van der Waals surface area contributed by atoms with Gasteiger partial charge in [-0.05, 0) is 40.7 Å². The quantitative estimate of drug-likeness (QED) is 0.509. The SMILES string of the molecule is NC(=S)NN=Cc1ccc2cccc(Br)c2c1. The zero-order chi connectivity index (χ0) is 12.3. The van der Waals surface area contributed by atoms with Crippen molar-refractivity contribution in [1.29, 1.82) is 0 Å². The van der Waals surface area contributed by atoms with E-state index in [2.05, 4.69) is 44.7 Å². The van der Waals surface area contributed by atoms with Gasteiger partial charge in [0, 0.05) is 4.47 Å². The second kappa shape index (κ2) is 5.25. The molecule has 0 saturated carbocycles. The number of nitrogens with zero attached hydrogens (tertiary/aromatic N) is 1. The molecule has 17 heavy (non-hydrogen) atoms. The lowest BCUT2D eigenvalue weighted by molar-refractivity contribution is 1.04. The van der Waals surface area contributed by atoms with Crippen LogP contribution in [0, 0.1) is 0 Å². The van der Waals surface area contributed by atoms with Gasteiger partial charge in [0.05, 0.1) is 6.21 Å². The van der Waals surface area contributed by atoms with Gasteiger partial charge in [-0.25, -0.2) is 0 Å². The number of thiocarbonyl (C=S) groups is 1. The highest BCUT2D eigenvalue weighted by Gasteiger charge is 1.98. The smallest absolute Gasteiger partial charge is 0.184 e. The summed E-state index contributed by atoms with van der Waals surface area (Å²) in [5.41, 5.74) is 8.77. The van der Waals surface area contributed by atoms with Crippen LogP contribution in [0.1, 0.15) is 5.56 Å². The number of nitrogens with two attached hydrogens (primary N) is 1. The molecule has 0 spiro atoms. The lowest BCUT2D eigenvalue weighted by atomic mass is 10.1. The van der Waals surface area contributed by atoms with Crippen LogP contribution in [0.5, 0.6) is 0 Å². The van der Waals surface area contributed by atoms with Crippen LogP contribution in [0.15, 0.2) is 46.0 Å². The minimum atomic E-state index is 0.156. The van der Waals surface area contributed by atoms with Crippen LogP contribution in [-0.4, -0.2) is 11.3 Å². The Hall–Kier alpha value is -1.46. The highest BCUT2D eigenvalue weighted by molar-refractivity contribution is 9.10. The van der Waals surface area contributed by atoms with Crippen LogP contribution in [0.25, 0.3) is 10.8 Å². The fourth-order valence-corrected chi connectivity index (χ4v) is 2.05. The summed E-state index contributed by atoms with van der Waals surface area (Å²) in [6.07, 6.45) is 1.68. The molecule has 0 unspecified atom stereocenters. The first-order valence-electron chi connectivity index (χ1n) is 4.93. The lowest BCUT2D eigenvalue weighted by Crippen LogP contribution is -2.23. The molecule has 0 fully saturated rings. The summed E-state index contributed by atoms with van der Waals surface area (Å²) in [5, 5.41) is 6.40. The maximum Gasteiger partial charge on any atom is 0.184 e. The molecule has 5 heteroatoms. The number of hydrogen-bond acceptors (Lipinski definition) is 2. The summed E-state index contributed by atoms with van der Waals surface area (Å²) in [4.78, 5) is 0. The van der Waals surface area contributed by atoms with Gasteiger partial charge in [0.25, 0.3) is 0 Å². The van der Waals surface area contributed by atoms with Gasteiger partial charge in [-0.15, -0.1) is 0 Å². The van der Waals surface area contributed by atoms with Crippen LogP contribution < -0.4 is 11.2 Å². The standard InChI is InChI=1S/C12H10BrN3S/c13-11-3-1-2-9-5-4-8(6-10(9)11)7-15-16-12(14)17/h1-7H,(H3,14,16,17). The maximum atomic E-state index is 5.27. The lowest BCUT2D eigenvalue weighted by Gasteiger charge is -2.01. The third-order valence-electron chi connectivity index (χ3n) is 2.24. The van der Waals surface area contributed by atoms with Gasteiger partial charge in [-0.1, -0.05) is 40.2 Å². The molecule has 0 amide bonds. The molecule has 2 aromatic rings. The number of hydrazone groups is 1. The van der Waals surface area contributed by atoms with Crippen molar-refractivity contribution in [3.05, 3.63) is 46.4 Å². The fourth-order valence-electron chi connectivity index (χ4n) is 1.50. The minimum absolute atomic E-state index is 0.156. The van der Waals surface area contributed by atoms with Gasteiger partial charge in [-0.2, -0.15) is 5.10 Å². The third-order valence-corrected chi connectivity index (χ3v) is 3.02. The first-order valence-corrected chi connectivity index (χ1v) is 6.14. The molecule has 0 aliphatic carbocycles. The molecule has 2 aromatic carbocycles. The molecule has 0 bridgehead atoms. The van der Waals surface area contributed by atoms with Crippen LogP contribution in [0.3, 0.4) is 0 Å². The molecule has 0 radical (unpaired) electrons. The van der Waals surface area contributed by atoms with Crippen molar-refractivity contribution in [2.24, 2.45) is 10.8 Å². The topological polar surface area (TPSA) is 50.4 Å². The number of benzene rings is 2. The Bertz CT molecular complexity index is 595. The summed E-state index contributed by atoms with van der Waals surface area (Å²) in [6, 6.07) is 12.2. The first-order chi connectivity index (χ1) is 8.16. The van der Waals surface area contributed by atoms with Crippen molar-refractivity contribution in [3.63, 3.8) is 0 Å². The Labute approximate surface area is 113 Å². The molecule has 0 atom stereocenters. The number of fused-ring (bicyclic) bond motifs is 1. The number of halogens is 1. The van der Waals surface area contributed by atoms with E-state index >= 15 is 0 Å². The van der Waals surface area contributed by atoms with Crippen molar-refractivity contribution < 1.29 is 0 Å². The zero-order valence-corrected chi connectivity index (χ0v) is 11.3. The normalized spacial score (nSPS) is 10.9. The van der Waals surface area contributed by atoms with E-state index in [9.17, 15) is 0 Å². The monoisotopic (exact) mass is 307 g/mol. The molecule has 0 aliphatic heterocycles. The molecule has 3 nitrogen and oxygen atoms in total. The predicted molar refractivity (Wildman–Crippen MR) is 79.2 cm³/mol. The van der Waals surface area contributed by atoms with Gasteiger partial charge >= 0.3 is 0 Å². The largest absolute Gasteiger partial charge is 0.375 e. The van der Waals surface area contributed by atoms with Crippen molar-refractivity contribution in [2.75, 3.05) is 0 Å². The Morgan fingerprint density at radius 1 is 1.35 bits per heavy atom. The van der Waals surface area contributed by atoms with Crippen LogP contribution in [0.4, 0.5) is 0 Å².